The molecule has 0 bridgehead atoms. The van der Waals surface area contributed by atoms with Crippen LogP contribution in [0.25, 0.3) is 0 Å². The summed E-state index contributed by atoms with van der Waals surface area (Å²) in [5.41, 5.74) is 4.35. The number of amides is 1. The fourth-order valence-electron chi connectivity index (χ4n) is 1.56. The Morgan fingerprint density at radius 2 is 2.41 bits per heavy atom. The number of anilines is 1. The lowest BCUT2D eigenvalue weighted by molar-refractivity contribution is -0.115. The zero-order chi connectivity index (χ0) is 12.4. The van der Waals surface area contributed by atoms with Gasteiger partial charge in [0.05, 0.1) is 11.4 Å². The fourth-order valence-corrected chi connectivity index (χ4v) is 2.54. The number of nitrogens with zero attached hydrogens (tertiary/aromatic N) is 1. The third-order valence-electron chi connectivity index (χ3n) is 2.26. The molecule has 3 N–H and O–H groups in total. The summed E-state index contributed by atoms with van der Waals surface area (Å²) in [5, 5.41) is 12.7. The second-order valence-electron chi connectivity index (χ2n) is 3.54. The van der Waals surface area contributed by atoms with Gasteiger partial charge in [-0.05, 0) is 17.7 Å². The number of hydrogen-bond acceptors (Lipinski definition) is 5. The van der Waals surface area contributed by atoms with Crippen molar-refractivity contribution in [3.05, 3.63) is 22.7 Å². The molecule has 0 radical (unpaired) electrons. The Balaban J connectivity index is 2.19. The number of benzene rings is 1. The number of halogens is 1. The molecule has 1 aromatic rings. The molecule has 0 saturated heterocycles. The Labute approximate surface area is 108 Å². The highest BCUT2D eigenvalue weighted by Gasteiger charge is 2.20. The van der Waals surface area contributed by atoms with Crippen molar-refractivity contribution >= 4 is 35.1 Å². The SMILES string of the molecule is CCNN(O)Sc1cc2c(cc1Cl)NC(=O)C2. The topological polar surface area (TPSA) is 64.6 Å². The summed E-state index contributed by atoms with van der Waals surface area (Å²) >= 11 is 7.13. The van der Waals surface area contributed by atoms with E-state index < -0.39 is 0 Å². The van der Waals surface area contributed by atoms with Gasteiger partial charge in [-0.15, -0.1) is 0 Å². The van der Waals surface area contributed by atoms with E-state index in [1.54, 1.807) is 12.1 Å². The van der Waals surface area contributed by atoms with Crippen molar-refractivity contribution in [3.63, 3.8) is 0 Å². The van der Waals surface area contributed by atoms with Crippen LogP contribution in [0.2, 0.25) is 5.02 Å². The van der Waals surface area contributed by atoms with Crippen molar-refractivity contribution in [2.75, 3.05) is 11.9 Å². The normalized spacial score (nSPS) is 14.0. The number of hydrogen-bond donors (Lipinski definition) is 3. The number of rotatable bonds is 4. The van der Waals surface area contributed by atoms with Crippen molar-refractivity contribution in [3.8, 4) is 0 Å². The first-order valence-corrected chi connectivity index (χ1v) is 6.28. The van der Waals surface area contributed by atoms with Crippen molar-refractivity contribution in [1.29, 1.82) is 0 Å². The molecule has 0 aliphatic carbocycles. The van der Waals surface area contributed by atoms with Crippen LogP contribution < -0.4 is 10.7 Å². The Kier molecular flexibility index (Phi) is 3.90. The number of hydrazine groups is 1. The van der Waals surface area contributed by atoms with Crippen molar-refractivity contribution in [1.82, 2.24) is 10.0 Å². The second kappa shape index (κ2) is 5.24. The van der Waals surface area contributed by atoms with Crippen LogP contribution in [0.3, 0.4) is 0 Å². The van der Waals surface area contributed by atoms with Crippen LogP contribution in [0.1, 0.15) is 12.5 Å². The highest BCUT2D eigenvalue weighted by molar-refractivity contribution is 7.97. The van der Waals surface area contributed by atoms with Crippen LogP contribution in [0, 0.1) is 0 Å². The number of carbonyl (C=O) groups excluding carboxylic acids is 1. The minimum atomic E-state index is -0.0363. The maximum atomic E-state index is 11.2. The van der Waals surface area contributed by atoms with Gasteiger partial charge >= 0.3 is 0 Å². The van der Waals surface area contributed by atoms with Crippen LogP contribution in [-0.2, 0) is 11.2 Å². The highest BCUT2D eigenvalue weighted by atomic mass is 35.5. The predicted octanol–water partition coefficient (Wildman–Crippen LogP) is 2.06. The van der Waals surface area contributed by atoms with Crippen LogP contribution in [0.5, 0.6) is 0 Å². The van der Waals surface area contributed by atoms with E-state index in [-0.39, 0.29) is 5.91 Å². The predicted molar refractivity (Wildman–Crippen MR) is 66.9 cm³/mol. The summed E-state index contributed by atoms with van der Waals surface area (Å²) in [6.45, 7) is 2.47. The molecule has 2 rings (SSSR count). The first kappa shape index (κ1) is 12.7. The molecule has 1 aliphatic rings. The molecule has 7 heteroatoms. The Morgan fingerprint density at radius 1 is 1.65 bits per heavy atom. The van der Waals surface area contributed by atoms with E-state index in [1.807, 2.05) is 6.92 Å². The van der Waals surface area contributed by atoms with Gasteiger partial charge in [-0.2, -0.15) is 0 Å². The highest BCUT2D eigenvalue weighted by Crippen LogP contribution is 2.35. The Hall–Kier alpha value is -0.790. The molecule has 1 heterocycles. The fraction of sp³-hybridized carbons (Fsp3) is 0.300. The lowest BCUT2D eigenvalue weighted by Crippen LogP contribution is -2.28. The monoisotopic (exact) mass is 273 g/mol. The van der Waals surface area contributed by atoms with Gasteiger partial charge in [0.1, 0.15) is 0 Å². The van der Waals surface area contributed by atoms with Gasteiger partial charge in [0.15, 0.2) is 0 Å². The van der Waals surface area contributed by atoms with Crippen LogP contribution in [0.4, 0.5) is 5.69 Å². The Bertz CT molecular complexity index is 455. The molecule has 17 heavy (non-hydrogen) atoms. The maximum absolute atomic E-state index is 11.2. The van der Waals surface area contributed by atoms with Gasteiger partial charge in [0.2, 0.25) is 5.91 Å². The van der Waals surface area contributed by atoms with E-state index in [9.17, 15) is 10.0 Å². The van der Waals surface area contributed by atoms with Crippen molar-refractivity contribution < 1.29 is 10.0 Å². The summed E-state index contributed by atoms with van der Waals surface area (Å²) in [7, 11) is 0. The minimum absolute atomic E-state index is 0.0363. The van der Waals surface area contributed by atoms with Crippen molar-refractivity contribution in [2.45, 2.75) is 18.2 Å². The molecule has 1 aliphatic heterocycles. The van der Waals surface area contributed by atoms with E-state index in [0.29, 0.717) is 22.9 Å². The van der Waals surface area contributed by atoms with Gasteiger partial charge < -0.3 is 5.32 Å². The zero-order valence-corrected chi connectivity index (χ0v) is 10.7. The van der Waals surface area contributed by atoms with Gasteiger partial charge in [-0.25, -0.2) is 5.43 Å². The summed E-state index contributed by atoms with van der Waals surface area (Å²) in [6, 6.07) is 3.50. The lowest BCUT2D eigenvalue weighted by Gasteiger charge is -2.14. The molecule has 0 saturated carbocycles. The summed E-state index contributed by atoms with van der Waals surface area (Å²) < 4.78 is 0.901. The van der Waals surface area contributed by atoms with Gasteiger partial charge in [-0.3, -0.25) is 10.0 Å². The molecule has 1 aromatic carbocycles. The molecule has 0 aromatic heterocycles. The molecule has 5 nitrogen and oxygen atoms in total. The first-order chi connectivity index (χ1) is 8.10. The zero-order valence-electron chi connectivity index (χ0n) is 9.16. The molecule has 0 unspecified atom stereocenters. The third-order valence-corrected chi connectivity index (χ3v) is 3.52. The van der Waals surface area contributed by atoms with E-state index in [4.69, 9.17) is 11.6 Å². The standard InChI is InChI=1S/C10H12ClN3O2S/c1-2-12-14(16)17-9-3-6-4-10(15)13-8(6)5-7(9)11/h3,5,12,16H,2,4H2,1H3,(H,13,15). The van der Waals surface area contributed by atoms with Crippen LogP contribution in [0.15, 0.2) is 17.0 Å². The summed E-state index contributed by atoms with van der Waals surface area (Å²) in [4.78, 5) is 11.9. The maximum Gasteiger partial charge on any atom is 0.228 e. The number of fused-ring (bicyclic) bond motifs is 1. The lowest BCUT2D eigenvalue weighted by atomic mass is 10.2. The summed E-state index contributed by atoms with van der Waals surface area (Å²) in [5.74, 6) is -0.0363. The second-order valence-corrected chi connectivity index (χ2v) is 4.92. The van der Waals surface area contributed by atoms with Crippen LogP contribution >= 0.6 is 23.5 Å². The van der Waals surface area contributed by atoms with E-state index in [1.165, 1.54) is 0 Å². The van der Waals surface area contributed by atoms with Gasteiger partial charge in [0, 0.05) is 29.1 Å². The molecular formula is C10H12ClN3O2S. The molecule has 0 spiro atoms. The molecule has 0 atom stereocenters. The summed E-state index contributed by atoms with van der Waals surface area (Å²) in [6.07, 6.45) is 0.354. The average Bonchev–Trinajstić information content (AvgIpc) is 2.58. The minimum Gasteiger partial charge on any atom is -0.325 e. The van der Waals surface area contributed by atoms with Crippen molar-refractivity contribution in [2.24, 2.45) is 0 Å². The van der Waals surface area contributed by atoms with Crippen LogP contribution in [-0.4, -0.2) is 22.2 Å². The van der Waals surface area contributed by atoms with E-state index in [0.717, 1.165) is 27.8 Å². The molecule has 92 valence electrons. The van der Waals surface area contributed by atoms with Gasteiger partial charge in [-0.1, -0.05) is 23.1 Å². The Morgan fingerprint density at radius 3 is 3.12 bits per heavy atom. The molecule has 1 amide bonds. The van der Waals surface area contributed by atoms with E-state index in [2.05, 4.69) is 10.7 Å². The quantitative estimate of drug-likeness (QED) is 0.579. The first-order valence-electron chi connectivity index (χ1n) is 5.13. The average molecular weight is 274 g/mol. The third kappa shape index (κ3) is 2.91. The van der Waals surface area contributed by atoms with E-state index >= 15 is 0 Å². The number of carbonyl (C=O) groups is 1. The number of nitrogens with one attached hydrogen (secondary N) is 2. The smallest absolute Gasteiger partial charge is 0.228 e. The van der Waals surface area contributed by atoms with Gasteiger partial charge in [0.25, 0.3) is 0 Å². The molecular weight excluding hydrogens is 262 g/mol. The molecule has 0 fully saturated rings. The largest absolute Gasteiger partial charge is 0.325 e.